The van der Waals surface area contributed by atoms with Crippen LogP contribution in [0.15, 0.2) is 48.5 Å². The van der Waals surface area contributed by atoms with E-state index < -0.39 is 0 Å². The minimum absolute atomic E-state index is 0.902. The Morgan fingerprint density at radius 1 is 1.00 bits per heavy atom. The number of benzene rings is 2. The average Bonchev–Trinajstić information content (AvgIpc) is 2.67. The van der Waals surface area contributed by atoms with Gasteiger partial charge in [0.05, 0.1) is 7.11 Å². The molecule has 1 fully saturated rings. The molecule has 0 unspecified atom stereocenters. The number of ether oxygens (including phenoxy) is 1. The Morgan fingerprint density at radius 3 is 2.42 bits per heavy atom. The third kappa shape index (κ3) is 4.68. The first-order valence-electron chi connectivity index (χ1n) is 9.02. The molecule has 0 N–H and O–H groups in total. The Labute approximate surface area is 156 Å². The fourth-order valence-corrected chi connectivity index (χ4v) is 3.02. The minimum atomic E-state index is 0.902. The zero-order chi connectivity index (χ0) is 18.4. The lowest BCUT2D eigenvalue weighted by Gasteiger charge is -2.34. The van der Waals surface area contributed by atoms with E-state index in [2.05, 4.69) is 65.1 Å². The molecule has 1 saturated heterocycles. The molecule has 1 aliphatic rings. The zero-order valence-corrected chi connectivity index (χ0v) is 15.8. The van der Waals surface area contributed by atoms with E-state index in [1.807, 2.05) is 25.1 Å². The van der Waals surface area contributed by atoms with Crippen LogP contribution in [0.2, 0.25) is 0 Å². The SMILES string of the molecule is COc1cc(/C=C/C#Cc2ccc(N3CCN(C)CC3)cc2)ccc1C. The van der Waals surface area contributed by atoms with Crippen molar-refractivity contribution in [2.75, 3.05) is 45.2 Å². The van der Waals surface area contributed by atoms with Gasteiger partial charge in [0, 0.05) is 37.4 Å². The number of piperazine rings is 1. The summed E-state index contributed by atoms with van der Waals surface area (Å²) in [6.07, 6.45) is 3.89. The second-order valence-electron chi connectivity index (χ2n) is 6.67. The van der Waals surface area contributed by atoms with E-state index in [9.17, 15) is 0 Å². The molecule has 2 aromatic rings. The van der Waals surface area contributed by atoms with Crippen molar-refractivity contribution < 1.29 is 4.74 Å². The van der Waals surface area contributed by atoms with Crippen LogP contribution in [0, 0.1) is 18.8 Å². The Bertz CT molecular complexity index is 820. The smallest absolute Gasteiger partial charge is 0.122 e. The highest BCUT2D eigenvalue weighted by atomic mass is 16.5. The summed E-state index contributed by atoms with van der Waals surface area (Å²) in [6.45, 7) is 6.46. The molecule has 0 aliphatic carbocycles. The summed E-state index contributed by atoms with van der Waals surface area (Å²) < 4.78 is 5.35. The fourth-order valence-electron chi connectivity index (χ4n) is 3.02. The number of likely N-dealkylation sites (N-methyl/N-ethyl adjacent to an activating group) is 1. The maximum absolute atomic E-state index is 5.35. The highest BCUT2D eigenvalue weighted by Gasteiger charge is 2.13. The van der Waals surface area contributed by atoms with Crippen molar-refractivity contribution in [2.24, 2.45) is 0 Å². The van der Waals surface area contributed by atoms with Gasteiger partial charge in [-0.15, -0.1) is 0 Å². The second kappa shape index (κ2) is 8.60. The molecule has 3 rings (SSSR count). The summed E-state index contributed by atoms with van der Waals surface area (Å²) in [6, 6.07) is 14.7. The first-order chi connectivity index (χ1) is 12.7. The van der Waals surface area contributed by atoms with E-state index in [-0.39, 0.29) is 0 Å². The van der Waals surface area contributed by atoms with Crippen LogP contribution < -0.4 is 9.64 Å². The van der Waals surface area contributed by atoms with Crippen LogP contribution in [0.1, 0.15) is 16.7 Å². The average molecular weight is 346 g/mol. The zero-order valence-electron chi connectivity index (χ0n) is 15.8. The van der Waals surface area contributed by atoms with Crippen molar-refractivity contribution >= 4 is 11.8 Å². The molecular weight excluding hydrogens is 320 g/mol. The number of aryl methyl sites for hydroxylation is 1. The van der Waals surface area contributed by atoms with Crippen molar-refractivity contribution in [1.29, 1.82) is 0 Å². The van der Waals surface area contributed by atoms with Crippen LogP contribution in [-0.4, -0.2) is 45.2 Å². The molecule has 0 bridgehead atoms. The lowest BCUT2D eigenvalue weighted by Crippen LogP contribution is -2.44. The van der Waals surface area contributed by atoms with Crippen LogP contribution in [0.3, 0.4) is 0 Å². The summed E-state index contributed by atoms with van der Waals surface area (Å²) in [5.74, 6) is 7.22. The summed E-state index contributed by atoms with van der Waals surface area (Å²) in [5, 5.41) is 0. The monoisotopic (exact) mass is 346 g/mol. The van der Waals surface area contributed by atoms with Crippen molar-refractivity contribution in [3.63, 3.8) is 0 Å². The normalized spacial score (nSPS) is 15.0. The Balaban J connectivity index is 1.61. The molecule has 0 atom stereocenters. The van der Waals surface area contributed by atoms with Crippen molar-refractivity contribution in [2.45, 2.75) is 6.92 Å². The van der Waals surface area contributed by atoms with Crippen LogP contribution in [0.4, 0.5) is 5.69 Å². The number of allylic oxidation sites excluding steroid dienone is 1. The first kappa shape index (κ1) is 18.1. The second-order valence-corrected chi connectivity index (χ2v) is 6.67. The number of methoxy groups -OCH3 is 1. The first-order valence-corrected chi connectivity index (χ1v) is 9.02. The molecule has 0 saturated carbocycles. The summed E-state index contributed by atoms with van der Waals surface area (Å²) in [4.78, 5) is 4.80. The number of rotatable bonds is 3. The minimum Gasteiger partial charge on any atom is -0.496 e. The van der Waals surface area contributed by atoms with Gasteiger partial charge in [0.25, 0.3) is 0 Å². The summed E-state index contributed by atoms with van der Waals surface area (Å²) >= 11 is 0. The summed E-state index contributed by atoms with van der Waals surface area (Å²) in [7, 11) is 3.87. The van der Waals surface area contributed by atoms with E-state index in [4.69, 9.17) is 4.74 Å². The van der Waals surface area contributed by atoms with Gasteiger partial charge in [-0.3, -0.25) is 0 Å². The van der Waals surface area contributed by atoms with E-state index in [0.29, 0.717) is 0 Å². The van der Waals surface area contributed by atoms with Gasteiger partial charge >= 0.3 is 0 Å². The predicted molar refractivity (Wildman–Crippen MR) is 110 cm³/mol. The van der Waals surface area contributed by atoms with Crippen LogP contribution in [-0.2, 0) is 0 Å². The van der Waals surface area contributed by atoms with E-state index in [1.54, 1.807) is 7.11 Å². The largest absolute Gasteiger partial charge is 0.496 e. The lowest BCUT2D eigenvalue weighted by atomic mass is 10.1. The third-order valence-electron chi connectivity index (χ3n) is 4.74. The molecule has 0 radical (unpaired) electrons. The topological polar surface area (TPSA) is 15.7 Å². The van der Waals surface area contributed by atoms with E-state index >= 15 is 0 Å². The van der Waals surface area contributed by atoms with Gasteiger partial charge in [-0.2, -0.15) is 0 Å². The Hall–Kier alpha value is -2.70. The maximum atomic E-state index is 5.35. The van der Waals surface area contributed by atoms with Gasteiger partial charge in [-0.05, 0) is 67.6 Å². The highest BCUT2D eigenvalue weighted by Crippen LogP contribution is 2.20. The highest BCUT2D eigenvalue weighted by molar-refractivity contribution is 5.57. The molecule has 26 heavy (non-hydrogen) atoms. The Kier molecular flexibility index (Phi) is 5.99. The number of nitrogens with zero attached hydrogens (tertiary/aromatic N) is 2. The number of hydrogen-bond donors (Lipinski definition) is 0. The van der Waals surface area contributed by atoms with Gasteiger partial charge in [0.1, 0.15) is 5.75 Å². The molecule has 1 aliphatic heterocycles. The van der Waals surface area contributed by atoms with Crippen molar-refractivity contribution in [3.8, 4) is 17.6 Å². The van der Waals surface area contributed by atoms with Crippen LogP contribution in [0.5, 0.6) is 5.75 Å². The quantitative estimate of drug-likeness (QED) is 0.786. The van der Waals surface area contributed by atoms with Gasteiger partial charge in [-0.25, -0.2) is 0 Å². The number of anilines is 1. The van der Waals surface area contributed by atoms with E-state index in [1.165, 1.54) is 5.69 Å². The Morgan fingerprint density at radius 2 is 1.73 bits per heavy atom. The maximum Gasteiger partial charge on any atom is 0.122 e. The molecule has 0 amide bonds. The standard InChI is InChI=1S/C23H26N2O/c1-19-8-9-21(18-23(19)26-3)7-5-4-6-20-10-12-22(13-11-20)25-16-14-24(2)15-17-25/h5,7-13,18H,14-17H2,1-3H3/b7-5+. The molecule has 134 valence electrons. The molecule has 0 spiro atoms. The van der Waals surface area contributed by atoms with Gasteiger partial charge in [0.15, 0.2) is 0 Å². The van der Waals surface area contributed by atoms with Gasteiger partial charge in [0.2, 0.25) is 0 Å². The molecule has 2 aromatic carbocycles. The summed E-state index contributed by atoms with van der Waals surface area (Å²) in [5.41, 5.74) is 4.54. The third-order valence-corrected chi connectivity index (χ3v) is 4.74. The van der Waals surface area contributed by atoms with Crippen LogP contribution >= 0.6 is 0 Å². The predicted octanol–water partition coefficient (Wildman–Crippen LogP) is 3.82. The van der Waals surface area contributed by atoms with Crippen LogP contribution in [0.25, 0.3) is 6.08 Å². The van der Waals surface area contributed by atoms with E-state index in [0.717, 1.165) is 48.6 Å². The van der Waals surface area contributed by atoms with Gasteiger partial charge < -0.3 is 14.5 Å². The van der Waals surface area contributed by atoms with Crippen molar-refractivity contribution in [1.82, 2.24) is 4.90 Å². The number of hydrogen-bond acceptors (Lipinski definition) is 3. The fraction of sp³-hybridized carbons (Fsp3) is 0.304. The molecule has 3 heteroatoms. The molecule has 0 aromatic heterocycles. The lowest BCUT2D eigenvalue weighted by molar-refractivity contribution is 0.313. The molecule has 1 heterocycles. The molecule has 3 nitrogen and oxygen atoms in total. The molecular formula is C23H26N2O. The van der Waals surface area contributed by atoms with Gasteiger partial charge in [-0.1, -0.05) is 24.0 Å². The van der Waals surface area contributed by atoms with Crippen molar-refractivity contribution in [3.05, 3.63) is 65.2 Å².